The van der Waals surface area contributed by atoms with E-state index in [-0.39, 0.29) is 45.2 Å². The van der Waals surface area contributed by atoms with E-state index in [9.17, 15) is 15.0 Å². The number of aliphatic hydroxyl groups excluding tert-OH is 4. The molecule has 3 rings (SSSR count). The molecule has 0 saturated heterocycles. The van der Waals surface area contributed by atoms with Crippen LogP contribution in [0.15, 0.2) is 24.3 Å². The average Bonchev–Trinajstić information content (AvgIpc) is 3.31. The maximum absolute atomic E-state index is 9.59. The van der Waals surface area contributed by atoms with Crippen LogP contribution in [0.1, 0.15) is 119 Å². The van der Waals surface area contributed by atoms with Gasteiger partial charge in [0.2, 0.25) is 0 Å². The third-order valence-corrected chi connectivity index (χ3v) is 7.01. The fourth-order valence-electron chi connectivity index (χ4n) is 3.75. The second kappa shape index (κ2) is 36.9. The first-order valence-electron chi connectivity index (χ1n) is 15.8. The summed E-state index contributed by atoms with van der Waals surface area (Å²) in [5.74, 6) is 0.639. The molecule has 9 nitrogen and oxygen atoms in total. The lowest BCUT2D eigenvalue weighted by Crippen LogP contribution is -2.21. The molecule has 2 aliphatic rings. The van der Waals surface area contributed by atoms with Gasteiger partial charge in [-0.25, -0.2) is 0 Å². The van der Waals surface area contributed by atoms with Gasteiger partial charge in [0, 0.05) is 40.3 Å². The van der Waals surface area contributed by atoms with E-state index in [4.69, 9.17) is 14.9 Å². The predicted octanol–water partition coefficient (Wildman–Crippen LogP) is 6.57. The SMILES string of the molecule is C.C.CC1CCCCC1O.CC1c2ccccc2CC1O.CCC(O)COC.CCOC.CCOCC(O)CC.COC(C)=O. The molecule has 0 radical (unpaired) electrons. The maximum Gasteiger partial charge on any atom is 0.302 e. The highest BCUT2D eigenvalue weighted by atomic mass is 16.5. The minimum absolute atomic E-state index is 0. The minimum atomic E-state index is -0.273. The summed E-state index contributed by atoms with van der Waals surface area (Å²) in [4.78, 5) is 9.59. The molecule has 2 aliphatic carbocycles. The van der Waals surface area contributed by atoms with E-state index in [1.165, 1.54) is 44.4 Å². The van der Waals surface area contributed by atoms with Crippen molar-refractivity contribution in [3.63, 3.8) is 0 Å². The highest BCUT2D eigenvalue weighted by Crippen LogP contribution is 2.32. The van der Waals surface area contributed by atoms with Crippen LogP contribution in [0.25, 0.3) is 0 Å². The van der Waals surface area contributed by atoms with Gasteiger partial charge in [-0.3, -0.25) is 4.79 Å². The smallest absolute Gasteiger partial charge is 0.302 e. The number of benzene rings is 1. The van der Waals surface area contributed by atoms with Crippen LogP contribution in [0.3, 0.4) is 0 Å². The van der Waals surface area contributed by atoms with Crippen molar-refractivity contribution < 1.29 is 44.2 Å². The highest BCUT2D eigenvalue weighted by Gasteiger charge is 2.26. The molecule has 6 atom stereocenters. The van der Waals surface area contributed by atoms with Crippen molar-refractivity contribution in [2.24, 2.45) is 5.92 Å². The summed E-state index contributed by atoms with van der Waals surface area (Å²) in [5, 5.41) is 36.3. The van der Waals surface area contributed by atoms with Crippen LogP contribution in [-0.2, 0) is 30.2 Å². The molecule has 0 aliphatic heterocycles. The minimum Gasteiger partial charge on any atom is -0.469 e. The first-order chi connectivity index (χ1) is 20.4. The largest absolute Gasteiger partial charge is 0.469 e. The summed E-state index contributed by atoms with van der Waals surface area (Å²) in [5.41, 5.74) is 2.63. The molecule has 1 saturated carbocycles. The maximum atomic E-state index is 9.59. The molecule has 0 spiro atoms. The van der Waals surface area contributed by atoms with E-state index in [0.717, 1.165) is 32.3 Å². The lowest BCUT2D eigenvalue weighted by Gasteiger charge is -2.23. The third kappa shape index (κ3) is 32.2. The quantitative estimate of drug-likeness (QED) is 0.231. The van der Waals surface area contributed by atoms with Gasteiger partial charge in [-0.2, -0.15) is 0 Å². The number of aliphatic hydroxyl groups is 4. The van der Waals surface area contributed by atoms with Gasteiger partial charge in [0.15, 0.2) is 0 Å². The monoisotopic (exact) mass is 651 g/mol. The number of fused-ring (bicyclic) bond motifs is 1. The van der Waals surface area contributed by atoms with Crippen molar-refractivity contribution >= 4 is 5.97 Å². The van der Waals surface area contributed by atoms with Gasteiger partial charge in [0.05, 0.1) is 44.7 Å². The molecule has 272 valence electrons. The molecule has 45 heavy (non-hydrogen) atoms. The van der Waals surface area contributed by atoms with E-state index in [0.29, 0.717) is 31.7 Å². The Balaban J connectivity index is -0.000000145. The second-order valence-electron chi connectivity index (χ2n) is 10.6. The Kier molecular flexibility index (Phi) is 43.4. The van der Waals surface area contributed by atoms with E-state index in [1.807, 2.05) is 39.8 Å². The number of hydrogen-bond acceptors (Lipinski definition) is 9. The second-order valence-corrected chi connectivity index (χ2v) is 10.6. The molecule has 4 N–H and O–H groups in total. The summed E-state index contributed by atoms with van der Waals surface area (Å²) in [6.07, 6.45) is 6.48. The van der Waals surface area contributed by atoms with E-state index < -0.39 is 0 Å². The Morgan fingerprint density at radius 2 is 1.31 bits per heavy atom. The zero-order valence-corrected chi connectivity index (χ0v) is 28.9. The van der Waals surface area contributed by atoms with Gasteiger partial charge in [-0.1, -0.05) is 79.7 Å². The number of carbonyl (C=O) groups excluding carboxylic acids is 1. The molecular formula is C36H74O9. The summed E-state index contributed by atoms with van der Waals surface area (Å²) in [6, 6.07) is 8.27. The lowest BCUT2D eigenvalue weighted by atomic mass is 9.88. The molecule has 0 aromatic heterocycles. The van der Waals surface area contributed by atoms with Crippen molar-refractivity contribution in [2.45, 2.75) is 139 Å². The molecule has 0 bridgehead atoms. The van der Waals surface area contributed by atoms with Gasteiger partial charge in [0.25, 0.3) is 0 Å². The molecule has 1 aromatic rings. The number of ether oxygens (including phenoxy) is 4. The van der Waals surface area contributed by atoms with Crippen molar-refractivity contribution in [3.8, 4) is 0 Å². The fraction of sp³-hybridized carbons (Fsp3) is 0.806. The average molecular weight is 651 g/mol. The first kappa shape index (κ1) is 52.9. The van der Waals surface area contributed by atoms with Crippen molar-refractivity contribution in [1.82, 2.24) is 0 Å². The highest BCUT2D eigenvalue weighted by molar-refractivity contribution is 5.65. The normalized spacial score (nSPS) is 20.1. The van der Waals surface area contributed by atoms with Crippen LogP contribution >= 0.6 is 0 Å². The van der Waals surface area contributed by atoms with Crippen molar-refractivity contribution in [2.75, 3.05) is 47.8 Å². The summed E-state index contributed by atoms with van der Waals surface area (Å²) < 4.78 is 18.2. The van der Waals surface area contributed by atoms with Crippen LogP contribution in [0, 0.1) is 5.92 Å². The van der Waals surface area contributed by atoms with Gasteiger partial charge in [0.1, 0.15) is 0 Å². The number of hydrogen-bond donors (Lipinski definition) is 4. The van der Waals surface area contributed by atoms with Crippen molar-refractivity contribution in [1.29, 1.82) is 0 Å². The van der Waals surface area contributed by atoms with Crippen molar-refractivity contribution in [3.05, 3.63) is 35.4 Å². The Morgan fingerprint density at radius 3 is 1.64 bits per heavy atom. The summed E-state index contributed by atoms with van der Waals surface area (Å²) in [7, 11) is 4.61. The first-order valence-corrected chi connectivity index (χ1v) is 15.8. The van der Waals surface area contributed by atoms with E-state index in [2.05, 4.69) is 40.2 Å². The third-order valence-electron chi connectivity index (χ3n) is 7.01. The molecule has 0 amide bonds. The molecular weight excluding hydrogens is 576 g/mol. The van der Waals surface area contributed by atoms with Crippen LogP contribution in [0.4, 0.5) is 0 Å². The number of carbonyl (C=O) groups is 1. The van der Waals surface area contributed by atoms with Gasteiger partial charge in [-0.15, -0.1) is 0 Å². The Bertz CT molecular complexity index is 720. The van der Waals surface area contributed by atoms with Gasteiger partial charge < -0.3 is 39.4 Å². The van der Waals surface area contributed by atoms with Crippen LogP contribution in [-0.4, -0.2) is 98.6 Å². The Morgan fingerprint density at radius 1 is 0.822 bits per heavy atom. The molecule has 1 aromatic carbocycles. The van der Waals surface area contributed by atoms with E-state index in [1.54, 1.807) is 14.2 Å². The van der Waals surface area contributed by atoms with Crippen LogP contribution < -0.4 is 0 Å². The number of rotatable bonds is 8. The lowest BCUT2D eigenvalue weighted by molar-refractivity contribution is -0.137. The molecule has 1 fully saturated rings. The Hall–Kier alpha value is -1.59. The van der Waals surface area contributed by atoms with Crippen LogP contribution in [0.2, 0.25) is 0 Å². The van der Waals surface area contributed by atoms with Gasteiger partial charge in [-0.05, 0) is 63.0 Å². The Labute approximate surface area is 277 Å². The van der Waals surface area contributed by atoms with Crippen LogP contribution in [0.5, 0.6) is 0 Å². The fourth-order valence-corrected chi connectivity index (χ4v) is 3.75. The number of methoxy groups -OCH3 is 3. The zero-order chi connectivity index (χ0) is 33.6. The molecule has 0 heterocycles. The summed E-state index contributed by atoms with van der Waals surface area (Å²) >= 11 is 0. The summed E-state index contributed by atoms with van der Waals surface area (Å²) in [6.45, 7) is 15.7. The van der Waals surface area contributed by atoms with Gasteiger partial charge >= 0.3 is 5.97 Å². The number of esters is 1. The topological polar surface area (TPSA) is 135 Å². The molecule has 6 unspecified atom stereocenters. The standard InChI is InChI=1S/C10H12O.C7H14O.C6H14O2.C5H12O2.C3H6O2.C3H8O.2CH4/c1-7-9-5-3-2-4-8(9)6-10(7)11;1-6-4-2-3-5-7(6)8;1-3-6(7)5-8-4-2;1-3-5(6)4-7-2;1-3(4)5-2;1-3-4-2;;/h2-5,7,10-11H,6H2,1H3;6-8H,2-5H2,1H3;6-7H,3-5H2,1-2H3;5-6H,3-4H2,1-2H3;1-2H3;3H2,1-2H3;2*1H4. The predicted molar refractivity (Wildman–Crippen MR) is 188 cm³/mol. The van der Waals surface area contributed by atoms with E-state index >= 15 is 0 Å². The molecule has 9 heteroatoms. The zero-order valence-electron chi connectivity index (χ0n) is 28.9.